The lowest BCUT2D eigenvalue weighted by atomic mass is 10.2. The molecule has 0 unspecified atom stereocenters. The molecule has 1 atom stereocenters. The molecule has 1 aliphatic rings. The van der Waals surface area contributed by atoms with Crippen LogP contribution in [0, 0.1) is 16.0 Å². The molecule has 0 spiro atoms. The van der Waals surface area contributed by atoms with E-state index < -0.39 is 6.10 Å². The van der Waals surface area contributed by atoms with Crippen LogP contribution in [0.4, 0.5) is 10.7 Å². The SMILES string of the molecule is CC(C)N(CC1CC1)c1sc([C@H](C)O)cc1[N+](=O)[O-]. The normalized spacial score (nSPS) is 16.7. The fourth-order valence-electron chi connectivity index (χ4n) is 2.04. The van der Waals surface area contributed by atoms with Crippen LogP contribution in [0.25, 0.3) is 0 Å². The number of aliphatic hydroxyl groups excluding tert-OH is 1. The summed E-state index contributed by atoms with van der Waals surface area (Å²) in [5.74, 6) is 0.666. The van der Waals surface area contributed by atoms with Gasteiger partial charge in [0.15, 0.2) is 5.00 Å². The van der Waals surface area contributed by atoms with Gasteiger partial charge in [0, 0.05) is 23.5 Å². The van der Waals surface area contributed by atoms with E-state index in [4.69, 9.17) is 0 Å². The van der Waals surface area contributed by atoms with E-state index >= 15 is 0 Å². The molecule has 5 nitrogen and oxygen atoms in total. The summed E-state index contributed by atoms with van der Waals surface area (Å²) in [6.07, 6.45) is 1.77. The molecule has 1 saturated carbocycles. The van der Waals surface area contributed by atoms with E-state index in [1.165, 1.54) is 30.2 Å². The number of nitrogens with zero attached hydrogens (tertiary/aromatic N) is 2. The number of nitro groups is 1. The zero-order valence-corrected chi connectivity index (χ0v) is 12.3. The Morgan fingerprint density at radius 1 is 1.53 bits per heavy atom. The molecule has 19 heavy (non-hydrogen) atoms. The predicted octanol–water partition coefficient (Wildman–Crippen LogP) is 3.33. The molecular formula is C13H20N2O3S. The summed E-state index contributed by atoms with van der Waals surface area (Å²) in [5.41, 5.74) is 0.121. The van der Waals surface area contributed by atoms with E-state index in [1.807, 2.05) is 13.8 Å². The summed E-state index contributed by atoms with van der Waals surface area (Å²) in [6.45, 7) is 6.61. The smallest absolute Gasteiger partial charge is 0.304 e. The first kappa shape index (κ1) is 14.3. The number of hydrogen-bond acceptors (Lipinski definition) is 5. The van der Waals surface area contributed by atoms with Crippen LogP contribution in [0.3, 0.4) is 0 Å². The van der Waals surface area contributed by atoms with Crippen molar-refractivity contribution in [3.8, 4) is 0 Å². The topological polar surface area (TPSA) is 66.6 Å². The molecule has 0 aromatic carbocycles. The second-order valence-electron chi connectivity index (χ2n) is 5.46. The van der Waals surface area contributed by atoms with Crippen LogP contribution in [0.5, 0.6) is 0 Å². The number of thiophene rings is 1. The molecule has 0 aliphatic heterocycles. The van der Waals surface area contributed by atoms with Gasteiger partial charge in [0.25, 0.3) is 0 Å². The largest absolute Gasteiger partial charge is 0.388 e. The first-order valence-corrected chi connectivity index (χ1v) is 7.44. The molecule has 0 saturated heterocycles. The molecule has 106 valence electrons. The van der Waals surface area contributed by atoms with Crippen LogP contribution in [0.1, 0.15) is 44.6 Å². The minimum absolute atomic E-state index is 0.121. The van der Waals surface area contributed by atoms with E-state index in [0.29, 0.717) is 15.8 Å². The van der Waals surface area contributed by atoms with Gasteiger partial charge >= 0.3 is 5.69 Å². The van der Waals surface area contributed by atoms with Crippen molar-refractivity contribution in [2.75, 3.05) is 11.4 Å². The first-order valence-electron chi connectivity index (χ1n) is 6.63. The van der Waals surface area contributed by atoms with Crippen LogP contribution in [-0.2, 0) is 0 Å². The van der Waals surface area contributed by atoms with Gasteiger partial charge in [-0.2, -0.15) is 0 Å². The fraction of sp³-hybridized carbons (Fsp3) is 0.692. The summed E-state index contributed by atoms with van der Waals surface area (Å²) in [5, 5.41) is 21.5. The highest BCUT2D eigenvalue weighted by molar-refractivity contribution is 7.16. The highest BCUT2D eigenvalue weighted by Gasteiger charge is 2.31. The quantitative estimate of drug-likeness (QED) is 0.642. The summed E-state index contributed by atoms with van der Waals surface area (Å²) < 4.78 is 0. The Balaban J connectivity index is 2.35. The minimum Gasteiger partial charge on any atom is -0.388 e. The van der Waals surface area contributed by atoms with Crippen LogP contribution in [0.15, 0.2) is 6.07 Å². The van der Waals surface area contributed by atoms with Gasteiger partial charge in [-0.15, -0.1) is 11.3 Å². The lowest BCUT2D eigenvalue weighted by Gasteiger charge is -2.26. The summed E-state index contributed by atoms with van der Waals surface area (Å²) in [6, 6.07) is 1.73. The Morgan fingerprint density at radius 3 is 2.58 bits per heavy atom. The van der Waals surface area contributed by atoms with Gasteiger partial charge in [-0.1, -0.05) is 0 Å². The van der Waals surface area contributed by atoms with E-state index in [1.54, 1.807) is 6.92 Å². The highest BCUT2D eigenvalue weighted by Crippen LogP contribution is 2.42. The zero-order valence-electron chi connectivity index (χ0n) is 11.5. The Bertz CT molecular complexity index is 466. The van der Waals surface area contributed by atoms with Gasteiger partial charge in [-0.3, -0.25) is 10.1 Å². The molecule has 0 radical (unpaired) electrons. The maximum Gasteiger partial charge on any atom is 0.304 e. The van der Waals surface area contributed by atoms with E-state index in [0.717, 1.165) is 6.54 Å². The maximum atomic E-state index is 11.2. The molecule has 1 aromatic rings. The average Bonchev–Trinajstić information content (AvgIpc) is 3.01. The highest BCUT2D eigenvalue weighted by atomic mass is 32.1. The van der Waals surface area contributed by atoms with Gasteiger partial charge < -0.3 is 10.0 Å². The number of rotatable bonds is 6. The van der Waals surface area contributed by atoms with Crippen LogP contribution < -0.4 is 4.90 Å². The van der Waals surface area contributed by atoms with Gasteiger partial charge in [0.2, 0.25) is 0 Å². The van der Waals surface area contributed by atoms with Crippen LogP contribution in [0.2, 0.25) is 0 Å². The predicted molar refractivity (Wildman–Crippen MR) is 76.8 cm³/mol. The molecule has 1 N–H and O–H groups in total. The van der Waals surface area contributed by atoms with Crippen molar-refractivity contribution < 1.29 is 10.0 Å². The van der Waals surface area contributed by atoms with Gasteiger partial charge in [0.1, 0.15) is 0 Å². The maximum absolute atomic E-state index is 11.2. The molecular weight excluding hydrogens is 264 g/mol. The molecule has 1 heterocycles. The van der Waals surface area contributed by atoms with Crippen molar-refractivity contribution in [1.29, 1.82) is 0 Å². The van der Waals surface area contributed by atoms with Crippen molar-refractivity contribution in [2.45, 2.75) is 45.8 Å². The second-order valence-corrected chi connectivity index (χ2v) is 6.52. The number of aliphatic hydroxyl groups is 1. The minimum atomic E-state index is -0.660. The molecule has 0 amide bonds. The standard InChI is InChI=1S/C13H20N2O3S/c1-8(2)14(7-10-4-5-10)13-11(15(17)18)6-12(19-13)9(3)16/h6,8-10,16H,4-5,7H2,1-3H3/t9-/m0/s1. The van der Waals surface area contributed by atoms with E-state index in [-0.39, 0.29) is 16.7 Å². The van der Waals surface area contributed by atoms with Crippen LogP contribution in [-0.4, -0.2) is 22.6 Å². The van der Waals surface area contributed by atoms with Crippen molar-refractivity contribution in [1.82, 2.24) is 0 Å². The van der Waals surface area contributed by atoms with E-state index in [2.05, 4.69) is 4.90 Å². The van der Waals surface area contributed by atoms with Gasteiger partial charge in [-0.05, 0) is 39.5 Å². The Labute approximate surface area is 117 Å². The molecule has 6 heteroatoms. The second kappa shape index (κ2) is 5.46. The summed E-state index contributed by atoms with van der Waals surface area (Å²) in [4.78, 5) is 13.6. The van der Waals surface area contributed by atoms with Gasteiger partial charge in [0.05, 0.1) is 11.0 Å². The first-order chi connectivity index (χ1) is 8.90. The Kier molecular flexibility index (Phi) is 4.10. The molecule has 1 aliphatic carbocycles. The monoisotopic (exact) mass is 284 g/mol. The van der Waals surface area contributed by atoms with Crippen molar-refractivity contribution in [2.24, 2.45) is 5.92 Å². The van der Waals surface area contributed by atoms with Crippen molar-refractivity contribution >= 4 is 22.0 Å². The lowest BCUT2D eigenvalue weighted by molar-refractivity contribution is -0.383. The Hall–Kier alpha value is -1.14. The van der Waals surface area contributed by atoms with E-state index in [9.17, 15) is 15.2 Å². The third-order valence-electron chi connectivity index (χ3n) is 3.36. The van der Waals surface area contributed by atoms with Gasteiger partial charge in [-0.25, -0.2) is 0 Å². The molecule has 2 rings (SSSR count). The summed E-state index contributed by atoms with van der Waals surface area (Å²) >= 11 is 1.34. The third kappa shape index (κ3) is 3.25. The molecule has 0 bridgehead atoms. The van der Waals surface area contributed by atoms with Crippen LogP contribution >= 0.6 is 11.3 Å². The average molecular weight is 284 g/mol. The molecule has 1 fully saturated rings. The Morgan fingerprint density at radius 2 is 2.16 bits per heavy atom. The fourth-order valence-corrected chi connectivity index (χ4v) is 3.24. The summed E-state index contributed by atoms with van der Waals surface area (Å²) in [7, 11) is 0. The number of hydrogen-bond donors (Lipinski definition) is 1. The zero-order chi connectivity index (χ0) is 14.2. The lowest BCUT2D eigenvalue weighted by Crippen LogP contribution is -2.32. The number of anilines is 1. The third-order valence-corrected chi connectivity index (χ3v) is 4.69. The molecule has 1 aromatic heterocycles. The van der Waals surface area contributed by atoms with Crippen molar-refractivity contribution in [3.05, 3.63) is 21.1 Å². The van der Waals surface area contributed by atoms with Crippen molar-refractivity contribution in [3.63, 3.8) is 0 Å².